The minimum Gasteiger partial charge on any atom is -0.480 e. The summed E-state index contributed by atoms with van der Waals surface area (Å²) >= 11 is 4.02. The molecule has 10 N–H and O–H groups in total. The Balaban J connectivity index is 2.94. The topological polar surface area (TPSA) is 226 Å². The molecule has 0 aliphatic carbocycles. The van der Waals surface area contributed by atoms with Gasteiger partial charge in [-0.2, -0.15) is 12.6 Å². The smallest absolute Gasteiger partial charge is 0.328 e. The van der Waals surface area contributed by atoms with Crippen LogP contribution in [-0.4, -0.2) is 93.9 Å². The summed E-state index contributed by atoms with van der Waals surface area (Å²) in [4.78, 5) is 54.5. The zero-order valence-electron chi connectivity index (χ0n) is 17.9. The second-order valence-corrected chi connectivity index (χ2v) is 7.92. The van der Waals surface area contributed by atoms with Crippen LogP contribution in [0, 0.1) is 0 Å². The summed E-state index contributed by atoms with van der Waals surface area (Å²) in [6, 6.07) is -4.35. The first-order valence-electron chi connectivity index (χ1n) is 10.2. The van der Waals surface area contributed by atoms with Crippen LogP contribution in [0.1, 0.15) is 32.6 Å². The first-order valence-corrected chi connectivity index (χ1v) is 10.9. The van der Waals surface area contributed by atoms with E-state index in [0.29, 0.717) is 25.8 Å². The zero-order chi connectivity index (χ0) is 24.4. The summed E-state index contributed by atoms with van der Waals surface area (Å²) in [5.74, 6) is -3.20. The standard InChI is InChI=1S/C18H33N7O6S/c1-9(26)13(17(30)31)24-14(27)11(4-2-6-22-18(20)21)23-15(28)12-5-3-7-25(12)16(29)10(19)8-32/h9-13,26,32H,2-8,19H2,1H3,(H,23,28)(H,24,27)(H,30,31)(H4,20,21,22). The molecule has 0 aromatic heterocycles. The van der Waals surface area contributed by atoms with E-state index in [1.807, 2.05) is 0 Å². The third-order valence-corrected chi connectivity index (χ3v) is 5.37. The highest BCUT2D eigenvalue weighted by Crippen LogP contribution is 2.19. The highest BCUT2D eigenvalue weighted by molar-refractivity contribution is 7.80. The van der Waals surface area contributed by atoms with Crippen molar-refractivity contribution in [1.82, 2.24) is 15.5 Å². The van der Waals surface area contributed by atoms with Crippen molar-refractivity contribution < 1.29 is 29.4 Å². The largest absolute Gasteiger partial charge is 0.480 e. The number of carboxylic acids is 1. The van der Waals surface area contributed by atoms with Gasteiger partial charge < -0.3 is 42.9 Å². The van der Waals surface area contributed by atoms with Crippen molar-refractivity contribution in [2.45, 2.75) is 62.9 Å². The summed E-state index contributed by atoms with van der Waals surface area (Å²) in [5.41, 5.74) is 16.3. The van der Waals surface area contributed by atoms with Crippen LogP contribution in [0.2, 0.25) is 0 Å². The number of hydrogen-bond donors (Lipinski definition) is 8. The molecule has 0 saturated carbocycles. The summed E-state index contributed by atoms with van der Waals surface area (Å²) in [5, 5.41) is 23.6. The molecule has 0 radical (unpaired) electrons. The van der Waals surface area contributed by atoms with Crippen molar-refractivity contribution in [3.63, 3.8) is 0 Å². The number of hydrogen-bond acceptors (Lipinski definition) is 8. The maximum Gasteiger partial charge on any atom is 0.328 e. The number of nitrogens with zero attached hydrogens (tertiary/aromatic N) is 2. The van der Waals surface area contributed by atoms with Gasteiger partial charge in [-0.15, -0.1) is 0 Å². The van der Waals surface area contributed by atoms with E-state index in [1.165, 1.54) is 11.8 Å². The number of carbonyl (C=O) groups excluding carboxylic acids is 3. The fourth-order valence-corrected chi connectivity index (χ4v) is 3.43. The quantitative estimate of drug-likeness (QED) is 0.0612. The number of carboxylic acid groups (broad SMARTS) is 1. The Labute approximate surface area is 191 Å². The predicted molar refractivity (Wildman–Crippen MR) is 120 cm³/mol. The van der Waals surface area contributed by atoms with Crippen LogP contribution in [-0.2, 0) is 19.2 Å². The van der Waals surface area contributed by atoms with Gasteiger partial charge in [0.25, 0.3) is 0 Å². The van der Waals surface area contributed by atoms with Crippen LogP contribution >= 0.6 is 12.6 Å². The molecule has 5 unspecified atom stereocenters. The van der Waals surface area contributed by atoms with Crippen LogP contribution in [0.15, 0.2) is 4.99 Å². The Kier molecular flexibility index (Phi) is 11.2. The van der Waals surface area contributed by atoms with Crippen molar-refractivity contribution in [1.29, 1.82) is 0 Å². The van der Waals surface area contributed by atoms with E-state index in [9.17, 15) is 29.4 Å². The van der Waals surface area contributed by atoms with Crippen molar-refractivity contribution >= 4 is 42.3 Å². The molecular formula is C18H33N7O6S. The number of aliphatic imine (C=N–C) groups is 1. The van der Waals surface area contributed by atoms with Gasteiger partial charge in [0.1, 0.15) is 12.1 Å². The highest BCUT2D eigenvalue weighted by atomic mass is 32.1. The van der Waals surface area contributed by atoms with Gasteiger partial charge in [-0.1, -0.05) is 0 Å². The van der Waals surface area contributed by atoms with Gasteiger partial charge in [0, 0.05) is 18.8 Å². The molecule has 1 aliphatic heterocycles. The normalized spacial score (nSPS) is 19.4. The van der Waals surface area contributed by atoms with Gasteiger partial charge in [-0.25, -0.2) is 4.79 Å². The number of likely N-dealkylation sites (tertiary alicyclic amines) is 1. The number of aliphatic carboxylic acids is 1. The molecule has 1 aliphatic rings. The second kappa shape index (κ2) is 13.1. The molecule has 14 heteroatoms. The fraction of sp³-hybridized carbons (Fsp3) is 0.722. The monoisotopic (exact) mass is 475 g/mol. The number of nitrogens with two attached hydrogens (primary N) is 3. The minimum atomic E-state index is -1.56. The molecule has 1 fully saturated rings. The molecule has 182 valence electrons. The fourth-order valence-electron chi connectivity index (χ4n) is 3.28. The molecule has 0 spiro atoms. The lowest BCUT2D eigenvalue weighted by Gasteiger charge is -2.28. The predicted octanol–water partition coefficient (Wildman–Crippen LogP) is -3.28. The molecule has 3 amide bonds. The Bertz CT molecular complexity index is 716. The molecule has 0 aromatic rings. The average Bonchev–Trinajstić information content (AvgIpc) is 3.21. The highest BCUT2D eigenvalue weighted by Gasteiger charge is 2.37. The van der Waals surface area contributed by atoms with Crippen molar-refractivity contribution in [2.75, 3.05) is 18.8 Å². The van der Waals surface area contributed by atoms with Crippen LogP contribution in [0.3, 0.4) is 0 Å². The number of aliphatic hydroxyl groups excluding tert-OH is 1. The molecule has 13 nitrogen and oxygen atoms in total. The molecule has 32 heavy (non-hydrogen) atoms. The first kappa shape index (κ1) is 27.5. The molecule has 0 aromatic carbocycles. The van der Waals surface area contributed by atoms with Gasteiger partial charge in [0.2, 0.25) is 17.7 Å². The van der Waals surface area contributed by atoms with Crippen LogP contribution in [0.4, 0.5) is 0 Å². The Morgan fingerprint density at radius 3 is 2.44 bits per heavy atom. The maximum absolute atomic E-state index is 12.9. The summed E-state index contributed by atoms with van der Waals surface area (Å²) in [6.07, 6.45) is 0.0240. The molecule has 0 bridgehead atoms. The van der Waals surface area contributed by atoms with Gasteiger partial charge in [0.15, 0.2) is 12.0 Å². The van der Waals surface area contributed by atoms with Gasteiger partial charge in [-0.3, -0.25) is 19.4 Å². The van der Waals surface area contributed by atoms with E-state index in [4.69, 9.17) is 17.2 Å². The number of amides is 3. The number of nitrogens with one attached hydrogen (secondary N) is 2. The lowest BCUT2D eigenvalue weighted by Crippen LogP contribution is -2.58. The van der Waals surface area contributed by atoms with Gasteiger partial charge in [0.05, 0.1) is 12.1 Å². The summed E-state index contributed by atoms with van der Waals surface area (Å²) in [7, 11) is 0. The Hall–Kier alpha value is -2.58. The number of aliphatic hydroxyl groups is 1. The Morgan fingerprint density at radius 1 is 1.25 bits per heavy atom. The number of rotatable bonds is 12. The molecule has 5 atom stereocenters. The van der Waals surface area contributed by atoms with Crippen LogP contribution in [0.5, 0.6) is 0 Å². The summed E-state index contributed by atoms with van der Waals surface area (Å²) < 4.78 is 0. The van der Waals surface area contributed by atoms with Gasteiger partial charge >= 0.3 is 5.97 Å². The van der Waals surface area contributed by atoms with Crippen molar-refractivity contribution in [3.05, 3.63) is 0 Å². The lowest BCUT2D eigenvalue weighted by molar-refractivity contribution is -0.145. The number of carbonyl (C=O) groups is 4. The minimum absolute atomic E-state index is 0.0946. The average molecular weight is 476 g/mol. The van der Waals surface area contributed by atoms with E-state index in [2.05, 4.69) is 28.3 Å². The molecule has 1 saturated heterocycles. The van der Waals surface area contributed by atoms with Crippen LogP contribution < -0.4 is 27.8 Å². The van der Waals surface area contributed by atoms with Crippen molar-refractivity contribution in [3.8, 4) is 0 Å². The third-order valence-electron chi connectivity index (χ3n) is 4.98. The zero-order valence-corrected chi connectivity index (χ0v) is 18.8. The second-order valence-electron chi connectivity index (χ2n) is 7.55. The summed E-state index contributed by atoms with van der Waals surface area (Å²) in [6.45, 7) is 1.76. The maximum atomic E-state index is 12.9. The van der Waals surface area contributed by atoms with E-state index in [-0.39, 0.29) is 24.7 Å². The number of guanidine groups is 1. The van der Waals surface area contributed by atoms with E-state index in [0.717, 1.165) is 0 Å². The van der Waals surface area contributed by atoms with Gasteiger partial charge in [-0.05, 0) is 32.6 Å². The SMILES string of the molecule is CC(O)C(NC(=O)C(CCCN=C(N)N)NC(=O)C1CCCN1C(=O)C(N)CS)C(=O)O. The van der Waals surface area contributed by atoms with E-state index < -0.39 is 54.0 Å². The van der Waals surface area contributed by atoms with E-state index >= 15 is 0 Å². The number of thiol groups is 1. The van der Waals surface area contributed by atoms with E-state index in [1.54, 1.807) is 0 Å². The van der Waals surface area contributed by atoms with Crippen molar-refractivity contribution in [2.24, 2.45) is 22.2 Å². The molecule has 1 heterocycles. The Morgan fingerprint density at radius 2 is 1.91 bits per heavy atom. The first-order chi connectivity index (χ1) is 15.0. The molecule has 1 rings (SSSR count). The van der Waals surface area contributed by atoms with Crippen LogP contribution in [0.25, 0.3) is 0 Å². The molecular weight excluding hydrogens is 442 g/mol. The third kappa shape index (κ3) is 8.16. The lowest BCUT2D eigenvalue weighted by atomic mass is 10.1.